The van der Waals surface area contributed by atoms with Gasteiger partial charge in [-0.2, -0.15) is 0 Å². The minimum absolute atomic E-state index is 0.213. The summed E-state index contributed by atoms with van der Waals surface area (Å²) in [5.41, 5.74) is 7.31. The number of ether oxygens (including phenoxy) is 1. The molecule has 1 aliphatic heterocycles. The highest BCUT2D eigenvalue weighted by Crippen LogP contribution is 2.39. The first-order chi connectivity index (χ1) is 8.16. The van der Waals surface area contributed by atoms with Crippen LogP contribution in [0.2, 0.25) is 0 Å². The molecule has 17 heavy (non-hydrogen) atoms. The molecular formula is C12H19N3OS. The minimum atomic E-state index is 0.213. The van der Waals surface area contributed by atoms with Crippen LogP contribution in [-0.2, 0) is 4.74 Å². The van der Waals surface area contributed by atoms with Crippen LogP contribution in [-0.4, -0.2) is 29.8 Å². The molecule has 1 aromatic rings. The third-order valence-corrected chi connectivity index (χ3v) is 5.00. The van der Waals surface area contributed by atoms with Crippen LogP contribution in [0.5, 0.6) is 0 Å². The summed E-state index contributed by atoms with van der Waals surface area (Å²) in [6, 6.07) is 0.454. The lowest BCUT2D eigenvalue weighted by atomic mass is 9.69. The van der Waals surface area contributed by atoms with Crippen molar-refractivity contribution in [2.75, 3.05) is 11.9 Å². The van der Waals surface area contributed by atoms with Gasteiger partial charge in [0.15, 0.2) is 5.13 Å². The molecule has 5 heteroatoms. The number of hydrogen-bond acceptors (Lipinski definition) is 5. The summed E-state index contributed by atoms with van der Waals surface area (Å²) in [7, 11) is 0. The van der Waals surface area contributed by atoms with E-state index in [1.165, 1.54) is 11.3 Å². The molecule has 4 atom stereocenters. The molecule has 1 saturated heterocycles. The van der Waals surface area contributed by atoms with Gasteiger partial charge in [0.25, 0.3) is 0 Å². The number of aryl methyl sites for hydroxylation is 2. The van der Waals surface area contributed by atoms with Crippen LogP contribution in [0.15, 0.2) is 0 Å². The van der Waals surface area contributed by atoms with Gasteiger partial charge >= 0.3 is 0 Å². The predicted molar refractivity (Wildman–Crippen MR) is 69.4 cm³/mol. The highest BCUT2D eigenvalue weighted by atomic mass is 32.1. The van der Waals surface area contributed by atoms with E-state index in [-0.39, 0.29) is 12.1 Å². The van der Waals surface area contributed by atoms with Crippen LogP contribution < -0.4 is 11.1 Å². The van der Waals surface area contributed by atoms with Crippen LogP contribution in [0.3, 0.4) is 0 Å². The smallest absolute Gasteiger partial charge is 0.183 e. The lowest BCUT2D eigenvalue weighted by molar-refractivity contribution is -0.104. The first kappa shape index (κ1) is 11.4. The second kappa shape index (κ2) is 4.23. The summed E-state index contributed by atoms with van der Waals surface area (Å²) in [6.07, 6.45) is 2.65. The number of nitrogens with zero attached hydrogens (tertiary/aromatic N) is 1. The Labute approximate surface area is 106 Å². The molecule has 1 aliphatic carbocycles. The van der Waals surface area contributed by atoms with Gasteiger partial charge in [-0.05, 0) is 26.7 Å². The SMILES string of the molecule is Cc1nc(NC2C(N)C3CCCOC32)sc1C. The largest absolute Gasteiger partial charge is 0.376 e. The molecular weight excluding hydrogens is 234 g/mol. The molecule has 2 fully saturated rings. The molecule has 0 bridgehead atoms. The molecule has 2 heterocycles. The monoisotopic (exact) mass is 253 g/mol. The first-order valence-electron chi connectivity index (χ1n) is 6.24. The molecule has 4 nitrogen and oxygen atoms in total. The van der Waals surface area contributed by atoms with Gasteiger partial charge in [-0.3, -0.25) is 0 Å². The zero-order chi connectivity index (χ0) is 12.0. The third-order valence-electron chi connectivity index (χ3n) is 4.00. The Morgan fingerprint density at radius 3 is 3.00 bits per heavy atom. The fourth-order valence-corrected chi connectivity index (χ4v) is 3.66. The van der Waals surface area contributed by atoms with E-state index in [1.807, 2.05) is 6.92 Å². The Morgan fingerprint density at radius 2 is 2.29 bits per heavy atom. The van der Waals surface area contributed by atoms with E-state index in [9.17, 15) is 0 Å². The standard InChI is InChI=1S/C12H19N3OS/c1-6-7(2)17-12(14-6)15-10-9(13)8-4-3-5-16-11(8)10/h8-11H,3-5,13H2,1-2H3,(H,14,15). The van der Waals surface area contributed by atoms with Gasteiger partial charge in [-0.15, -0.1) is 11.3 Å². The number of anilines is 1. The van der Waals surface area contributed by atoms with E-state index in [1.54, 1.807) is 11.3 Å². The van der Waals surface area contributed by atoms with Gasteiger partial charge in [-0.25, -0.2) is 4.98 Å². The Morgan fingerprint density at radius 1 is 1.47 bits per heavy atom. The number of rotatable bonds is 2. The highest BCUT2D eigenvalue weighted by molar-refractivity contribution is 7.15. The fraction of sp³-hybridized carbons (Fsp3) is 0.750. The molecule has 1 aromatic heterocycles. The van der Waals surface area contributed by atoms with E-state index in [0.717, 1.165) is 23.9 Å². The van der Waals surface area contributed by atoms with Crippen molar-refractivity contribution in [3.8, 4) is 0 Å². The summed E-state index contributed by atoms with van der Waals surface area (Å²) in [5, 5.41) is 4.43. The molecule has 94 valence electrons. The molecule has 3 N–H and O–H groups in total. The van der Waals surface area contributed by atoms with Crippen LogP contribution in [0.1, 0.15) is 23.4 Å². The van der Waals surface area contributed by atoms with Crippen molar-refractivity contribution < 1.29 is 4.74 Å². The molecule has 2 aliphatic rings. The van der Waals surface area contributed by atoms with Crippen molar-refractivity contribution in [2.24, 2.45) is 11.7 Å². The summed E-state index contributed by atoms with van der Waals surface area (Å²) >= 11 is 1.70. The number of hydrogen-bond donors (Lipinski definition) is 2. The quantitative estimate of drug-likeness (QED) is 0.842. The molecule has 1 saturated carbocycles. The number of fused-ring (bicyclic) bond motifs is 1. The highest BCUT2D eigenvalue weighted by Gasteiger charge is 2.50. The molecule has 4 unspecified atom stereocenters. The summed E-state index contributed by atoms with van der Waals surface area (Å²) in [5.74, 6) is 0.545. The maximum Gasteiger partial charge on any atom is 0.183 e. The number of nitrogens with two attached hydrogens (primary N) is 1. The Balaban J connectivity index is 1.69. The average Bonchev–Trinajstić information content (AvgIpc) is 2.65. The van der Waals surface area contributed by atoms with E-state index >= 15 is 0 Å². The lowest BCUT2D eigenvalue weighted by Gasteiger charge is -2.52. The van der Waals surface area contributed by atoms with Crippen molar-refractivity contribution in [1.29, 1.82) is 0 Å². The summed E-state index contributed by atoms with van der Waals surface area (Å²) in [4.78, 5) is 5.77. The molecule has 0 radical (unpaired) electrons. The number of nitrogens with one attached hydrogen (secondary N) is 1. The molecule has 0 spiro atoms. The number of thiazole rings is 1. The van der Waals surface area contributed by atoms with Crippen molar-refractivity contribution in [1.82, 2.24) is 4.98 Å². The van der Waals surface area contributed by atoms with Crippen molar-refractivity contribution >= 4 is 16.5 Å². The maximum absolute atomic E-state index is 6.20. The third kappa shape index (κ3) is 1.86. The molecule has 3 rings (SSSR count). The molecule has 0 aromatic carbocycles. The van der Waals surface area contributed by atoms with Crippen LogP contribution in [0.4, 0.5) is 5.13 Å². The second-order valence-electron chi connectivity index (χ2n) is 5.05. The van der Waals surface area contributed by atoms with E-state index in [4.69, 9.17) is 10.5 Å². The Hall–Kier alpha value is -0.650. The topological polar surface area (TPSA) is 60.2 Å². The van der Waals surface area contributed by atoms with Crippen molar-refractivity contribution in [3.05, 3.63) is 10.6 Å². The van der Waals surface area contributed by atoms with Gasteiger partial charge in [0, 0.05) is 23.4 Å². The maximum atomic E-state index is 6.20. The van der Waals surface area contributed by atoms with Gasteiger partial charge in [-0.1, -0.05) is 0 Å². The zero-order valence-corrected chi connectivity index (χ0v) is 11.1. The fourth-order valence-electron chi connectivity index (χ4n) is 2.80. The lowest BCUT2D eigenvalue weighted by Crippen LogP contribution is -2.69. The average molecular weight is 253 g/mol. The van der Waals surface area contributed by atoms with E-state index < -0.39 is 0 Å². The van der Waals surface area contributed by atoms with Crippen LogP contribution >= 0.6 is 11.3 Å². The normalized spacial score (nSPS) is 36.2. The summed E-state index contributed by atoms with van der Waals surface area (Å²) in [6.45, 7) is 5.01. The van der Waals surface area contributed by atoms with Crippen molar-refractivity contribution in [3.63, 3.8) is 0 Å². The Bertz CT molecular complexity index is 400. The van der Waals surface area contributed by atoms with E-state index in [2.05, 4.69) is 17.2 Å². The zero-order valence-electron chi connectivity index (χ0n) is 10.3. The van der Waals surface area contributed by atoms with Gasteiger partial charge in [0.05, 0.1) is 17.8 Å². The Kier molecular flexibility index (Phi) is 2.84. The van der Waals surface area contributed by atoms with Crippen LogP contribution in [0, 0.1) is 19.8 Å². The minimum Gasteiger partial charge on any atom is -0.376 e. The van der Waals surface area contributed by atoms with E-state index in [0.29, 0.717) is 12.0 Å². The second-order valence-corrected chi connectivity index (χ2v) is 6.25. The van der Waals surface area contributed by atoms with Gasteiger partial charge < -0.3 is 15.8 Å². The van der Waals surface area contributed by atoms with Gasteiger partial charge in [0.2, 0.25) is 0 Å². The predicted octanol–water partition coefficient (Wildman–Crippen LogP) is 1.68. The van der Waals surface area contributed by atoms with Crippen molar-refractivity contribution in [2.45, 2.75) is 44.9 Å². The summed E-state index contributed by atoms with van der Waals surface area (Å²) < 4.78 is 5.80. The molecule has 0 amide bonds. The number of aromatic nitrogens is 1. The van der Waals surface area contributed by atoms with Gasteiger partial charge in [0.1, 0.15) is 0 Å². The van der Waals surface area contributed by atoms with Crippen LogP contribution in [0.25, 0.3) is 0 Å². The first-order valence-corrected chi connectivity index (χ1v) is 7.06.